The second-order valence-corrected chi connectivity index (χ2v) is 5.06. The van der Waals surface area contributed by atoms with E-state index in [9.17, 15) is 0 Å². The zero-order chi connectivity index (χ0) is 12.8. The highest BCUT2D eigenvalue weighted by molar-refractivity contribution is 5.17. The van der Waals surface area contributed by atoms with Crippen LogP contribution in [0.4, 0.5) is 0 Å². The second-order valence-electron chi connectivity index (χ2n) is 5.06. The molecule has 1 fully saturated rings. The first kappa shape index (κ1) is 13.5. The van der Waals surface area contributed by atoms with Crippen molar-refractivity contribution in [3.05, 3.63) is 42.9 Å². The van der Waals surface area contributed by atoms with Crippen LogP contribution in [0.3, 0.4) is 0 Å². The number of nitrogens with zero attached hydrogens (tertiary/aromatic N) is 1. The zero-order valence-electron chi connectivity index (χ0n) is 11.2. The predicted molar refractivity (Wildman–Crippen MR) is 72.9 cm³/mol. The minimum absolute atomic E-state index is 0.439. The zero-order valence-corrected chi connectivity index (χ0v) is 11.2. The molecule has 1 saturated heterocycles. The van der Waals surface area contributed by atoms with Crippen molar-refractivity contribution in [2.24, 2.45) is 5.92 Å². The summed E-state index contributed by atoms with van der Waals surface area (Å²) >= 11 is 0. The minimum atomic E-state index is 0.439. The quantitative estimate of drug-likeness (QED) is 0.789. The van der Waals surface area contributed by atoms with Crippen LogP contribution in [0, 0.1) is 13.0 Å². The molecule has 0 saturated carbocycles. The Morgan fingerprint density at radius 1 is 1.28 bits per heavy atom. The standard InChI is InChI=1S/C15H24N2O/c1-13(12-17-8-10-18-11-9-17)15(16-2)14-6-4-3-5-7-14/h3-7,13,15H,2,8-12,16H2,1H3/t13-,15+/m0/s1. The molecule has 1 aliphatic heterocycles. The van der Waals surface area contributed by atoms with Crippen molar-refractivity contribution in [2.75, 3.05) is 32.8 Å². The van der Waals surface area contributed by atoms with Crippen molar-refractivity contribution >= 4 is 0 Å². The summed E-state index contributed by atoms with van der Waals surface area (Å²) in [6, 6.07) is 11.1. The molecule has 0 radical (unpaired) electrons. The Morgan fingerprint density at radius 2 is 1.94 bits per heavy atom. The predicted octanol–water partition coefficient (Wildman–Crippen LogP) is 1.05. The van der Waals surface area contributed by atoms with Crippen molar-refractivity contribution in [2.45, 2.75) is 13.0 Å². The number of rotatable bonds is 5. The molecule has 18 heavy (non-hydrogen) atoms. The first-order chi connectivity index (χ1) is 8.81. The Kier molecular flexibility index (Phi) is 5.17. The molecule has 2 rings (SSSR count). The van der Waals surface area contributed by atoms with Crippen molar-refractivity contribution in [1.29, 1.82) is 0 Å². The highest BCUT2D eigenvalue weighted by Crippen LogP contribution is 2.19. The monoisotopic (exact) mass is 248 g/mol. The summed E-state index contributed by atoms with van der Waals surface area (Å²) in [4.78, 5) is 2.49. The van der Waals surface area contributed by atoms with E-state index in [0.717, 1.165) is 32.8 Å². The maximum atomic E-state index is 5.39. The Hall–Kier alpha value is -0.900. The van der Waals surface area contributed by atoms with Crippen molar-refractivity contribution in [1.82, 2.24) is 4.90 Å². The summed E-state index contributed by atoms with van der Waals surface area (Å²) in [5.41, 5.74) is 1.37. The lowest BCUT2D eigenvalue weighted by atomic mass is 9.94. The average Bonchev–Trinajstić information content (AvgIpc) is 2.42. The van der Waals surface area contributed by atoms with Gasteiger partial charge in [0.25, 0.3) is 0 Å². The van der Waals surface area contributed by atoms with E-state index < -0.39 is 0 Å². The van der Waals surface area contributed by atoms with E-state index in [1.54, 1.807) is 0 Å². The summed E-state index contributed by atoms with van der Waals surface area (Å²) in [6.07, 6.45) is 0. The summed E-state index contributed by atoms with van der Waals surface area (Å²) in [6.45, 7) is 7.30. The van der Waals surface area contributed by atoms with Gasteiger partial charge in [-0.05, 0) is 0 Å². The molecule has 2 N–H and O–H groups in total. The smallest absolute Gasteiger partial charge is 0.0914 e. The van der Waals surface area contributed by atoms with Gasteiger partial charge in [0.2, 0.25) is 0 Å². The fraction of sp³-hybridized carbons (Fsp3) is 0.533. The maximum absolute atomic E-state index is 5.39. The van der Waals surface area contributed by atoms with Crippen LogP contribution < -0.4 is 5.32 Å². The van der Waals surface area contributed by atoms with Crippen molar-refractivity contribution in [3.8, 4) is 0 Å². The van der Waals surface area contributed by atoms with Crippen LogP contribution in [0.25, 0.3) is 0 Å². The molecule has 0 bridgehead atoms. The third kappa shape index (κ3) is 3.55. The molecule has 1 aliphatic rings. The molecular weight excluding hydrogens is 224 g/mol. The minimum Gasteiger partial charge on any atom is -0.472 e. The second kappa shape index (κ2) is 6.88. The van der Waals surface area contributed by atoms with Gasteiger partial charge in [-0.15, -0.1) is 0 Å². The van der Waals surface area contributed by atoms with Gasteiger partial charge in [-0.3, -0.25) is 4.90 Å². The molecule has 1 heterocycles. The molecule has 100 valence electrons. The van der Waals surface area contributed by atoms with E-state index in [1.165, 1.54) is 5.56 Å². The number of quaternary nitrogens is 1. The van der Waals surface area contributed by atoms with Crippen molar-refractivity contribution < 1.29 is 10.1 Å². The fourth-order valence-electron chi connectivity index (χ4n) is 2.68. The molecular formula is C15H24N2O. The fourth-order valence-corrected chi connectivity index (χ4v) is 2.68. The summed E-state index contributed by atoms with van der Waals surface area (Å²) in [7, 11) is 4.01. The molecule has 1 aromatic carbocycles. The van der Waals surface area contributed by atoms with E-state index >= 15 is 0 Å². The first-order valence-corrected chi connectivity index (χ1v) is 6.79. The number of hydrogen-bond donors (Lipinski definition) is 1. The molecule has 0 unspecified atom stereocenters. The third-order valence-corrected chi connectivity index (χ3v) is 3.70. The highest BCUT2D eigenvalue weighted by atomic mass is 16.5. The molecule has 2 atom stereocenters. The van der Waals surface area contributed by atoms with Gasteiger partial charge in [-0.2, -0.15) is 7.05 Å². The normalized spacial score (nSPS) is 20.6. The van der Waals surface area contributed by atoms with Gasteiger partial charge < -0.3 is 10.1 Å². The lowest BCUT2D eigenvalue weighted by Gasteiger charge is -2.32. The Morgan fingerprint density at radius 3 is 2.56 bits per heavy atom. The number of morpholine rings is 1. The van der Waals surface area contributed by atoms with Crippen LogP contribution in [-0.2, 0) is 4.74 Å². The maximum Gasteiger partial charge on any atom is 0.0914 e. The van der Waals surface area contributed by atoms with E-state index in [0.29, 0.717) is 12.0 Å². The largest absolute Gasteiger partial charge is 0.472 e. The van der Waals surface area contributed by atoms with E-state index in [1.807, 2.05) is 0 Å². The summed E-state index contributed by atoms with van der Waals surface area (Å²) < 4.78 is 5.39. The van der Waals surface area contributed by atoms with E-state index in [-0.39, 0.29) is 0 Å². The molecule has 1 aromatic rings. The number of nitrogens with two attached hydrogens (primary N) is 1. The Labute approximate surface area is 110 Å². The summed E-state index contributed by atoms with van der Waals surface area (Å²) in [5.74, 6) is 0.586. The van der Waals surface area contributed by atoms with Gasteiger partial charge in [0, 0.05) is 31.1 Å². The van der Waals surface area contributed by atoms with E-state index in [4.69, 9.17) is 4.74 Å². The van der Waals surface area contributed by atoms with Gasteiger partial charge in [0.15, 0.2) is 0 Å². The van der Waals surface area contributed by atoms with Crippen LogP contribution >= 0.6 is 0 Å². The van der Waals surface area contributed by atoms with Crippen LogP contribution in [0.2, 0.25) is 0 Å². The van der Waals surface area contributed by atoms with Crippen LogP contribution in [0.1, 0.15) is 18.5 Å². The molecule has 0 aliphatic carbocycles. The number of benzene rings is 1. The Balaban J connectivity index is 1.94. The van der Waals surface area contributed by atoms with Gasteiger partial charge in [0.1, 0.15) is 0 Å². The van der Waals surface area contributed by atoms with Crippen LogP contribution in [0.5, 0.6) is 0 Å². The average molecular weight is 248 g/mol. The van der Waals surface area contributed by atoms with Crippen molar-refractivity contribution in [3.63, 3.8) is 0 Å². The summed E-state index contributed by atoms with van der Waals surface area (Å²) in [5, 5.41) is 2.08. The Bertz CT molecular complexity index is 336. The molecule has 3 nitrogen and oxygen atoms in total. The molecule has 0 amide bonds. The topological polar surface area (TPSA) is 29.1 Å². The van der Waals surface area contributed by atoms with E-state index in [2.05, 4.69) is 54.5 Å². The molecule has 0 spiro atoms. The first-order valence-electron chi connectivity index (χ1n) is 6.79. The van der Waals surface area contributed by atoms with Gasteiger partial charge in [-0.25, -0.2) is 0 Å². The lowest BCUT2D eigenvalue weighted by Crippen LogP contribution is -2.80. The number of hydrogen-bond acceptors (Lipinski definition) is 2. The lowest BCUT2D eigenvalue weighted by molar-refractivity contribution is -0.648. The molecule has 0 aromatic heterocycles. The van der Waals surface area contributed by atoms with Crippen LogP contribution in [0.15, 0.2) is 30.3 Å². The highest BCUT2D eigenvalue weighted by Gasteiger charge is 2.22. The van der Waals surface area contributed by atoms with Gasteiger partial charge >= 0.3 is 0 Å². The van der Waals surface area contributed by atoms with Gasteiger partial charge in [0.05, 0.1) is 19.3 Å². The SMILES string of the molecule is [CH2-][NH2+][C@@H](c1ccccc1)[C@@H](C)CN1CCOCC1. The third-order valence-electron chi connectivity index (χ3n) is 3.70. The van der Waals surface area contributed by atoms with Crippen LogP contribution in [-0.4, -0.2) is 37.7 Å². The number of ether oxygens (including phenoxy) is 1. The molecule has 3 heteroatoms. The van der Waals surface area contributed by atoms with Gasteiger partial charge in [-0.1, -0.05) is 37.3 Å².